The van der Waals surface area contributed by atoms with Crippen molar-refractivity contribution in [2.75, 3.05) is 6.61 Å². The van der Waals surface area contributed by atoms with E-state index in [-0.39, 0.29) is 43.8 Å². The smallest absolute Gasteiger partial charge is 0.408 e. The normalized spacial score (nSPS) is 15.0. The van der Waals surface area contributed by atoms with E-state index in [2.05, 4.69) is 21.3 Å². The molecule has 0 unspecified atom stereocenters. The topological polar surface area (TPSA) is 166 Å². The molecule has 4 amide bonds. The summed E-state index contributed by atoms with van der Waals surface area (Å²) in [5.74, 6) is -1.33. The van der Waals surface area contributed by atoms with Gasteiger partial charge in [-0.25, -0.2) is 4.79 Å². The Labute approximate surface area is 285 Å². The molecule has 0 saturated carbocycles. The predicted octanol–water partition coefficient (Wildman–Crippen LogP) is 3.86. The second-order valence-electron chi connectivity index (χ2n) is 13.4. The Morgan fingerprint density at radius 2 is 1.27 bits per heavy atom. The van der Waals surface area contributed by atoms with Crippen molar-refractivity contribution in [2.24, 2.45) is 17.8 Å². The van der Waals surface area contributed by atoms with Gasteiger partial charge in [-0.1, -0.05) is 109 Å². The van der Waals surface area contributed by atoms with E-state index in [1.54, 1.807) is 0 Å². The Kier molecular flexibility index (Phi) is 17.7. The summed E-state index contributed by atoms with van der Waals surface area (Å²) in [7, 11) is 0. The Bertz CT molecular complexity index is 1260. The molecule has 2 aromatic rings. The molecule has 0 aliphatic heterocycles. The van der Waals surface area contributed by atoms with E-state index < -0.39 is 54.1 Å². The molecule has 0 radical (unpaired) electrons. The Balaban J connectivity index is 2.18. The number of benzene rings is 2. The van der Waals surface area contributed by atoms with Crippen LogP contribution in [0, 0.1) is 17.8 Å². The molecule has 48 heavy (non-hydrogen) atoms. The summed E-state index contributed by atoms with van der Waals surface area (Å²) in [6, 6.07) is 15.2. The highest BCUT2D eigenvalue weighted by atomic mass is 16.5. The standard InChI is InChI=1S/C37H56N4O7/c1-7-26(6)32(22-42)38-34(44)21-33(43)29(18-24(2)3)39-35(45)30(19-25(4)5)40-36(46)31(20-27-14-10-8-11-15-27)41-37(47)48-23-28-16-12-9-13-17-28/h8-17,24-26,29-33,42-43H,7,18-23H2,1-6H3,(H,38,44)(H,39,45)(H,40,46)(H,41,47)/t26-,29-,30-,31-,32+,33-/m0/s1. The number of aliphatic hydroxyl groups excluding tert-OH is 2. The monoisotopic (exact) mass is 668 g/mol. The number of amides is 4. The second kappa shape index (κ2) is 21.1. The molecule has 2 rings (SSSR count). The summed E-state index contributed by atoms with van der Waals surface area (Å²) in [6.45, 7) is 11.4. The van der Waals surface area contributed by atoms with Crippen LogP contribution in [0.4, 0.5) is 4.79 Å². The van der Waals surface area contributed by atoms with Crippen LogP contribution in [0.25, 0.3) is 0 Å². The highest BCUT2D eigenvalue weighted by Gasteiger charge is 2.32. The van der Waals surface area contributed by atoms with Crippen molar-refractivity contribution < 1.29 is 34.1 Å². The van der Waals surface area contributed by atoms with Crippen molar-refractivity contribution >= 4 is 23.8 Å². The van der Waals surface area contributed by atoms with Crippen molar-refractivity contribution in [2.45, 2.75) is 111 Å². The zero-order chi connectivity index (χ0) is 35.6. The molecular weight excluding hydrogens is 612 g/mol. The fourth-order valence-corrected chi connectivity index (χ4v) is 5.30. The van der Waals surface area contributed by atoms with Gasteiger partial charge in [0.25, 0.3) is 0 Å². The van der Waals surface area contributed by atoms with Gasteiger partial charge in [-0.05, 0) is 41.7 Å². The first kappa shape index (κ1) is 40.2. The molecule has 2 aromatic carbocycles. The van der Waals surface area contributed by atoms with Crippen LogP contribution < -0.4 is 21.3 Å². The van der Waals surface area contributed by atoms with Gasteiger partial charge in [0.05, 0.1) is 31.2 Å². The molecule has 0 fully saturated rings. The van der Waals surface area contributed by atoms with Gasteiger partial charge < -0.3 is 36.2 Å². The number of aliphatic hydroxyl groups is 2. The minimum absolute atomic E-state index is 0.0210. The lowest BCUT2D eigenvalue weighted by atomic mass is 9.95. The van der Waals surface area contributed by atoms with Gasteiger partial charge >= 0.3 is 6.09 Å². The zero-order valence-corrected chi connectivity index (χ0v) is 29.3. The lowest BCUT2D eigenvalue weighted by Gasteiger charge is -2.30. The Morgan fingerprint density at radius 1 is 0.708 bits per heavy atom. The molecule has 0 aromatic heterocycles. The number of carbonyl (C=O) groups is 4. The number of hydrogen-bond donors (Lipinski definition) is 6. The quantitative estimate of drug-likeness (QED) is 0.125. The van der Waals surface area contributed by atoms with E-state index in [0.717, 1.165) is 17.5 Å². The molecule has 0 aliphatic rings. The molecule has 0 heterocycles. The first-order valence-electron chi connectivity index (χ1n) is 17.0. The summed E-state index contributed by atoms with van der Waals surface area (Å²) >= 11 is 0. The fourth-order valence-electron chi connectivity index (χ4n) is 5.30. The molecule has 6 atom stereocenters. The maximum Gasteiger partial charge on any atom is 0.408 e. The van der Waals surface area contributed by atoms with Gasteiger partial charge in [-0.15, -0.1) is 0 Å². The van der Waals surface area contributed by atoms with Crippen molar-refractivity contribution in [1.29, 1.82) is 0 Å². The molecule has 6 N–H and O–H groups in total. The van der Waals surface area contributed by atoms with Crippen molar-refractivity contribution in [3.63, 3.8) is 0 Å². The summed E-state index contributed by atoms with van der Waals surface area (Å²) < 4.78 is 5.38. The third kappa shape index (κ3) is 14.9. The SMILES string of the molecule is CC[C@H](C)[C@@H](CO)NC(=O)C[C@H](O)[C@H](CC(C)C)NC(=O)[C@H](CC(C)C)NC(=O)[C@H](Cc1ccccc1)NC(=O)OCc1ccccc1. The number of nitrogens with one attached hydrogen (secondary N) is 4. The van der Waals surface area contributed by atoms with E-state index in [1.165, 1.54) is 0 Å². The first-order valence-corrected chi connectivity index (χ1v) is 17.0. The van der Waals surface area contributed by atoms with Gasteiger partial charge in [0.2, 0.25) is 17.7 Å². The minimum Gasteiger partial charge on any atom is -0.445 e. The van der Waals surface area contributed by atoms with E-state index in [4.69, 9.17) is 4.74 Å². The molecule has 0 aliphatic carbocycles. The van der Waals surface area contributed by atoms with Gasteiger partial charge in [0, 0.05) is 6.42 Å². The largest absolute Gasteiger partial charge is 0.445 e. The molecule has 0 saturated heterocycles. The van der Waals surface area contributed by atoms with Gasteiger partial charge in [0.1, 0.15) is 18.7 Å². The van der Waals surface area contributed by atoms with Crippen LogP contribution in [0.2, 0.25) is 0 Å². The molecule has 266 valence electrons. The molecule has 11 nitrogen and oxygen atoms in total. The summed E-state index contributed by atoms with van der Waals surface area (Å²) in [4.78, 5) is 53.0. The highest BCUT2D eigenvalue weighted by Crippen LogP contribution is 2.15. The van der Waals surface area contributed by atoms with Gasteiger partial charge in [-0.2, -0.15) is 0 Å². The minimum atomic E-state index is -1.20. The van der Waals surface area contributed by atoms with Crippen molar-refractivity contribution in [1.82, 2.24) is 21.3 Å². The van der Waals surface area contributed by atoms with Crippen LogP contribution in [0.15, 0.2) is 60.7 Å². The molecular formula is C37H56N4O7. The van der Waals surface area contributed by atoms with Crippen LogP contribution in [0.3, 0.4) is 0 Å². The van der Waals surface area contributed by atoms with Crippen LogP contribution >= 0.6 is 0 Å². The lowest BCUT2D eigenvalue weighted by Crippen LogP contribution is -2.57. The van der Waals surface area contributed by atoms with E-state index in [1.807, 2.05) is 102 Å². The van der Waals surface area contributed by atoms with Gasteiger partial charge in [-0.3, -0.25) is 14.4 Å². The third-order valence-corrected chi connectivity index (χ3v) is 8.23. The molecule has 11 heteroatoms. The average molecular weight is 669 g/mol. The number of rotatable bonds is 20. The number of hydrogen-bond acceptors (Lipinski definition) is 7. The third-order valence-electron chi connectivity index (χ3n) is 8.23. The number of ether oxygens (including phenoxy) is 1. The summed E-state index contributed by atoms with van der Waals surface area (Å²) in [6.07, 6.45) is -0.614. The summed E-state index contributed by atoms with van der Waals surface area (Å²) in [5, 5.41) is 32.0. The lowest BCUT2D eigenvalue weighted by molar-refractivity contribution is -0.132. The van der Waals surface area contributed by atoms with Crippen LogP contribution in [0.5, 0.6) is 0 Å². The van der Waals surface area contributed by atoms with Gasteiger partial charge in [0.15, 0.2) is 0 Å². The zero-order valence-electron chi connectivity index (χ0n) is 29.3. The summed E-state index contributed by atoms with van der Waals surface area (Å²) in [5.41, 5.74) is 1.60. The van der Waals surface area contributed by atoms with Crippen LogP contribution in [-0.2, 0) is 32.1 Å². The maximum absolute atomic E-state index is 13.7. The number of carbonyl (C=O) groups excluding carboxylic acids is 4. The van der Waals surface area contributed by atoms with Crippen molar-refractivity contribution in [3.8, 4) is 0 Å². The Hall–Kier alpha value is -3.96. The fraction of sp³-hybridized carbons (Fsp3) is 0.568. The maximum atomic E-state index is 13.7. The van der Waals surface area contributed by atoms with E-state index in [9.17, 15) is 29.4 Å². The van der Waals surface area contributed by atoms with E-state index in [0.29, 0.717) is 12.8 Å². The van der Waals surface area contributed by atoms with Crippen molar-refractivity contribution in [3.05, 3.63) is 71.8 Å². The average Bonchev–Trinajstić information content (AvgIpc) is 3.05. The first-order chi connectivity index (χ1) is 22.8. The van der Waals surface area contributed by atoms with E-state index >= 15 is 0 Å². The Morgan fingerprint density at radius 3 is 1.81 bits per heavy atom. The molecule has 0 bridgehead atoms. The predicted molar refractivity (Wildman–Crippen MR) is 186 cm³/mol. The number of alkyl carbamates (subject to hydrolysis) is 1. The second-order valence-corrected chi connectivity index (χ2v) is 13.4. The molecule has 0 spiro atoms. The van der Waals surface area contributed by atoms with Crippen LogP contribution in [-0.4, -0.2) is 70.9 Å². The van der Waals surface area contributed by atoms with Crippen LogP contribution in [0.1, 0.15) is 78.4 Å². The highest BCUT2D eigenvalue weighted by molar-refractivity contribution is 5.91.